The SMILES string of the molecule is Cc1onc(-c2ccccc2Cl)c1C(=O)OCC(=O)N1CCC[C@H](C(N)=O)C1. The summed E-state index contributed by atoms with van der Waals surface area (Å²) in [5.74, 6) is -1.66. The fourth-order valence-corrected chi connectivity index (χ4v) is 3.40. The predicted molar refractivity (Wildman–Crippen MR) is 100 cm³/mol. The lowest BCUT2D eigenvalue weighted by Gasteiger charge is -2.31. The van der Waals surface area contributed by atoms with Gasteiger partial charge < -0.3 is 19.9 Å². The quantitative estimate of drug-likeness (QED) is 0.762. The maximum atomic E-state index is 12.6. The molecule has 3 rings (SSSR count). The zero-order chi connectivity index (χ0) is 20.3. The zero-order valence-electron chi connectivity index (χ0n) is 15.3. The van der Waals surface area contributed by atoms with Gasteiger partial charge in [-0.05, 0) is 25.8 Å². The maximum Gasteiger partial charge on any atom is 0.344 e. The van der Waals surface area contributed by atoms with Crippen molar-refractivity contribution in [2.45, 2.75) is 19.8 Å². The van der Waals surface area contributed by atoms with Crippen LogP contribution in [0.5, 0.6) is 0 Å². The third-order valence-electron chi connectivity index (χ3n) is 4.70. The number of piperidine rings is 1. The van der Waals surface area contributed by atoms with E-state index >= 15 is 0 Å². The number of primary amides is 1. The summed E-state index contributed by atoms with van der Waals surface area (Å²) < 4.78 is 10.3. The van der Waals surface area contributed by atoms with Gasteiger partial charge in [0, 0.05) is 18.7 Å². The van der Waals surface area contributed by atoms with Gasteiger partial charge in [-0.2, -0.15) is 0 Å². The van der Waals surface area contributed by atoms with Gasteiger partial charge >= 0.3 is 5.97 Å². The van der Waals surface area contributed by atoms with Crippen LogP contribution in [0.3, 0.4) is 0 Å². The second-order valence-corrected chi connectivity index (χ2v) is 7.01. The standard InChI is InChI=1S/C19H20ClN3O5/c1-11-16(17(22-28-11)13-6-2-3-7-14(13)20)19(26)27-10-15(24)23-8-4-5-12(9-23)18(21)25/h2-3,6-7,12H,4-5,8-10H2,1H3,(H2,21,25)/t12-/m0/s1. The first-order valence-corrected chi connectivity index (χ1v) is 9.21. The van der Waals surface area contributed by atoms with Crippen molar-refractivity contribution in [2.24, 2.45) is 11.7 Å². The van der Waals surface area contributed by atoms with Crippen molar-refractivity contribution in [3.8, 4) is 11.3 Å². The number of hydrogen-bond acceptors (Lipinski definition) is 6. The Labute approximate surface area is 166 Å². The fourth-order valence-electron chi connectivity index (χ4n) is 3.18. The Morgan fingerprint density at radius 2 is 2.11 bits per heavy atom. The smallest absolute Gasteiger partial charge is 0.344 e. The predicted octanol–water partition coefficient (Wildman–Crippen LogP) is 2.18. The van der Waals surface area contributed by atoms with Gasteiger partial charge in [-0.15, -0.1) is 0 Å². The van der Waals surface area contributed by atoms with E-state index in [1.165, 1.54) is 4.90 Å². The van der Waals surface area contributed by atoms with Crippen molar-refractivity contribution in [3.63, 3.8) is 0 Å². The number of rotatable bonds is 5. The van der Waals surface area contributed by atoms with E-state index in [0.717, 1.165) is 0 Å². The molecule has 1 saturated heterocycles. The molecule has 8 nitrogen and oxygen atoms in total. The number of aromatic nitrogens is 1. The number of aryl methyl sites for hydroxylation is 1. The van der Waals surface area contributed by atoms with Crippen LogP contribution in [0.1, 0.15) is 29.0 Å². The molecule has 0 aliphatic carbocycles. The minimum atomic E-state index is -0.731. The van der Waals surface area contributed by atoms with E-state index in [4.69, 9.17) is 26.6 Å². The summed E-state index contributed by atoms with van der Waals surface area (Å²) in [6, 6.07) is 6.90. The summed E-state index contributed by atoms with van der Waals surface area (Å²) in [6.07, 6.45) is 1.33. The van der Waals surface area contributed by atoms with Gasteiger partial charge in [-0.1, -0.05) is 35.0 Å². The van der Waals surface area contributed by atoms with Crippen LogP contribution < -0.4 is 5.73 Å². The highest BCUT2D eigenvalue weighted by atomic mass is 35.5. The minimum Gasteiger partial charge on any atom is -0.452 e. The Morgan fingerprint density at radius 1 is 1.36 bits per heavy atom. The second kappa shape index (κ2) is 8.43. The number of ether oxygens (including phenoxy) is 1. The summed E-state index contributed by atoms with van der Waals surface area (Å²) in [6.45, 7) is 1.87. The van der Waals surface area contributed by atoms with Crippen molar-refractivity contribution in [1.29, 1.82) is 0 Å². The van der Waals surface area contributed by atoms with Crippen molar-refractivity contribution in [1.82, 2.24) is 10.1 Å². The number of carbonyl (C=O) groups is 3. The molecule has 1 aliphatic rings. The van der Waals surface area contributed by atoms with E-state index < -0.39 is 18.5 Å². The number of amides is 2. The summed E-state index contributed by atoms with van der Waals surface area (Å²) in [4.78, 5) is 37.8. The molecule has 0 spiro atoms. The molecule has 2 N–H and O–H groups in total. The molecular formula is C19H20ClN3O5. The zero-order valence-corrected chi connectivity index (χ0v) is 16.1. The molecule has 9 heteroatoms. The van der Waals surface area contributed by atoms with Crippen LogP contribution in [0.2, 0.25) is 5.02 Å². The number of hydrogen-bond donors (Lipinski definition) is 1. The summed E-state index contributed by atoms with van der Waals surface area (Å²) in [5, 5.41) is 4.32. The first-order valence-electron chi connectivity index (χ1n) is 8.84. The number of halogens is 1. The molecule has 2 heterocycles. The Bertz CT molecular complexity index is 911. The van der Waals surface area contributed by atoms with Gasteiger partial charge in [0.15, 0.2) is 6.61 Å². The van der Waals surface area contributed by atoms with Gasteiger partial charge in [0.05, 0.1) is 10.9 Å². The number of benzene rings is 1. The van der Waals surface area contributed by atoms with Gasteiger partial charge in [0.2, 0.25) is 5.91 Å². The average molecular weight is 406 g/mol. The summed E-state index contributed by atoms with van der Waals surface area (Å²) >= 11 is 6.18. The van der Waals surface area contributed by atoms with Gasteiger partial charge in [-0.3, -0.25) is 9.59 Å². The van der Waals surface area contributed by atoms with Crippen LogP contribution in [0.4, 0.5) is 0 Å². The number of esters is 1. The lowest BCUT2D eigenvalue weighted by Crippen LogP contribution is -2.45. The largest absolute Gasteiger partial charge is 0.452 e. The molecule has 0 unspecified atom stereocenters. The monoisotopic (exact) mass is 405 g/mol. The van der Waals surface area contributed by atoms with Crippen molar-refractivity contribution in [3.05, 3.63) is 40.6 Å². The Balaban J connectivity index is 1.69. The van der Waals surface area contributed by atoms with Gasteiger partial charge in [0.25, 0.3) is 5.91 Å². The molecule has 1 fully saturated rings. The first kappa shape index (κ1) is 19.9. The summed E-state index contributed by atoms with van der Waals surface area (Å²) in [7, 11) is 0. The number of carbonyl (C=O) groups excluding carboxylic acids is 3. The first-order chi connectivity index (χ1) is 13.4. The number of likely N-dealkylation sites (tertiary alicyclic amines) is 1. The fraction of sp³-hybridized carbons (Fsp3) is 0.368. The lowest BCUT2D eigenvalue weighted by molar-refractivity contribution is -0.137. The van der Waals surface area contributed by atoms with E-state index in [0.29, 0.717) is 30.0 Å². The molecule has 2 amide bonds. The lowest BCUT2D eigenvalue weighted by atomic mass is 9.97. The molecule has 0 radical (unpaired) electrons. The normalized spacial score (nSPS) is 16.6. The van der Waals surface area contributed by atoms with Crippen molar-refractivity contribution >= 4 is 29.4 Å². The molecule has 28 heavy (non-hydrogen) atoms. The van der Waals surface area contributed by atoms with Crippen molar-refractivity contribution in [2.75, 3.05) is 19.7 Å². The number of nitrogens with zero attached hydrogens (tertiary/aromatic N) is 2. The van der Waals surface area contributed by atoms with Crippen LogP contribution in [-0.2, 0) is 14.3 Å². The molecular weight excluding hydrogens is 386 g/mol. The van der Waals surface area contributed by atoms with E-state index in [2.05, 4.69) is 5.16 Å². The number of nitrogens with two attached hydrogens (primary N) is 1. The summed E-state index contributed by atoms with van der Waals surface area (Å²) in [5.41, 5.74) is 6.23. The van der Waals surface area contributed by atoms with E-state index in [1.54, 1.807) is 31.2 Å². The van der Waals surface area contributed by atoms with E-state index in [1.807, 2.05) is 0 Å². The minimum absolute atomic E-state index is 0.120. The molecule has 0 bridgehead atoms. The molecule has 1 aromatic carbocycles. The van der Waals surface area contributed by atoms with Crippen LogP contribution in [-0.4, -0.2) is 47.5 Å². The van der Waals surface area contributed by atoms with Crippen LogP contribution >= 0.6 is 11.6 Å². The van der Waals surface area contributed by atoms with E-state index in [9.17, 15) is 14.4 Å². The van der Waals surface area contributed by atoms with Crippen LogP contribution in [0.15, 0.2) is 28.8 Å². The molecule has 1 aliphatic heterocycles. The average Bonchev–Trinajstić information content (AvgIpc) is 3.07. The van der Waals surface area contributed by atoms with Crippen molar-refractivity contribution < 1.29 is 23.6 Å². The Hall–Kier alpha value is -2.87. The second-order valence-electron chi connectivity index (χ2n) is 6.60. The molecule has 2 aromatic rings. The van der Waals surface area contributed by atoms with Crippen LogP contribution in [0, 0.1) is 12.8 Å². The highest BCUT2D eigenvalue weighted by Gasteiger charge is 2.29. The van der Waals surface area contributed by atoms with Crippen LogP contribution in [0.25, 0.3) is 11.3 Å². The topological polar surface area (TPSA) is 116 Å². The van der Waals surface area contributed by atoms with Gasteiger partial charge in [-0.25, -0.2) is 4.79 Å². The molecule has 0 saturated carbocycles. The highest BCUT2D eigenvalue weighted by Crippen LogP contribution is 2.31. The Morgan fingerprint density at radius 3 is 2.82 bits per heavy atom. The molecule has 1 aromatic heterocycles. The highest BCUT2D eigenvalue weighted by molar-refractivity contribution is 6.33. The third-order valence-corrected chi connectivity index (χ3v) is 5.03. The molecule has 1 atom stereocenters. The van der Waals surface area contributed by atoms with Gasteiger partial charge in [0.1, 0.15) is 17.0 Å². The maximum absolute atomic E-state index is 12.6. The Kier molecular flexibility index (Phi) is 5.99. The third kappa shape index (κ3) is 4.17. The molecule has 148 valence electrons. The van der Waals surface area contributed by atoms with E-state index in [-0.39, 0.29) is 35.4 Å².